The van der Waals surface area contributed by atoms with E-state index in [1.807, 2.05) is 26.8 Å². The fourth-order valence-electron chi connectivity index (χ4n) is 4.62. The Balaban J connectivity index is 1.47. The second-order valence-electron chi connectivity index (χ2n) is 11.6. The van der Waals surface area contributed by atoms with Gasteiger partial charge in [0, 0.05) is 50.6 Å². The summed E-state index contributed by atoms with van der Waals surface area (Å²) in [6, 6.07) is 1.42. The summed E-state index contributed by atoms with van der Waals surface area (Å²) >= 11 is 1.62. The summed E-state index contributed by atoms with van der Waals surface area (Å²) in [4.78, 5) is 50.5. The van der Waals surface area contributed by atoms with Gasteiger partial charge < -0.3 is 19.9 Å². The molecule has 0 bridgehead atoms. The topological polar surface area (TPSA) is 122 Å². The molecule has 4 amide bonds. The zero-order valence-corrected chi connectivity index (χ0v) is 24.8. The largest absolute Gasteiger partial charge is 0.444 e. The van der Waals surface area contributed by atoms with Crippen molar-refractivity contribution in [3.63, 3.8) is 0 Å². The van der Waals surface area contributed by atoms with Crippen LogP contribution in [0.25, 0.3) is 0 Å². The fourth-order valence-corrected chi connectivity index (χ4v) is 5.49. The minimum atomic E-state index is -0.500. The molecule has 0 saturated carbocycles. The summed E-state index contributed by atoms with van der Waals surface area (Å²) in [7, 11) is 0. The molecule has 0 aliphatic carbocycles. The lowest BCUT2D eigenvalue weighted by Crippen LogP contribution is -2.50. The Morgan fingerprint density at radius 1 is 1.18 bits per heavy atom. The predicted molar refractivity (Wildman–Crippen MR) is 150 cm³/mol. The number of rotatable bonds is 8. The molecule has 1 aromatic rings. The Labute approximate surface area is 236 Å². The van der Waals surface area contributed by atoms with E-state index in [9.17, 15) is 14.4 Å². The van der Waals surface area contributed by atoms with Gasteiger partial charge in [-0.05, 0) is 59.0 Å². The normalized spacial score (nSPS) is 17.2. The third-order valence-corrected chi connectivity index (χ3v) is 7.77. The van der Waals surface area contributed by atoms with Crippen LogP contribution in [0.4, 0.5) is 14.7 Å². The van der Waals surface area contributed by atoms with Gasteiger partial charge in [-0.1, -0.05) is 13.8 Å². The molecule has 39 heavy (non-hydrogen) atoms. The van der Waals surface area contributed by atoms with Crippen molar-refractivity contribution < 1.29 is 19.1 Å². The maximum atomic E-state index is 13.2. The van der Waals surface area contributed by atoms with Crippen LogP contribution in [0.1, 0.15) is 59.6 Å². The fraction of sp³-hybridized carbons (Fsp3) is 0.741. The van der Waals surface area contributed by atoms with Gasteiger partial charge in [-0.3, -0.25) is 14.6 Å². The average Bonchev–Trinajstić information content (AvgIpc) is 3.35. The number of likely N-dealkylation sites (tertiary alicyclic amines) is 1. The minimum Gasteiger partial charge on any atom is -0.444 e. The Bertz CT molecular complexity index is 1020. The first-order chi connectivity index (χ1) is 18.5. The van der Waals surface area contributed by atoms with Gasteiger partial charge in [-0.15, -0.1) is 11.3 Å². The number of nitriles is 1. The van der Waals surface area contributed by atoms with Crippen molar-refractivity contribution in [1.82, 2.24) is 25.0 Å². The number of piperidine rings is 1. The van der Waals surface area contributed by atoms with Crippen LogP contribution in [0, 0.1) is 23.2 Å². The molecule has 0 atom stereocenters. The second-order valence-corrected chi connectivity index (χ2v) is 12.5. The number of ether oxygens (including phenoxy) is 1. The summed E-state index contributed by atoms with van der Waals surface area (Å²) in [5.41, 5.74) is 0.503. The first kappa shape index (κ1) is 30.6. The second kappa shape index (κ2) is 13.9. The van der Waals surface area contributed by atoms with Crippen LogP contribution < -0.4 is 10.2 Å². The molecule has 1 N–H and O–H groups in total. The molecule has 12 heteroatoms. The Morgan fingerprint density at radius 2 is 1.85 bits per heavy atom. The Hall–Kier alpha value is -2.91. The molecular weight excluding hydrogens is 518 g/mol. The van der Waals surface area contributed by atoms with Crippen molar-refractivity contribution in [2.45, 2.75) is 66.0 Å². The van der Waals surface area contributed by atoms with E-state index in [1.165, 1.54) is 4.90 Å². The number of piperazine rings is 1. The SMILES string of the molecule is CC(C)CCN(C(=O)NCC#N)C(=O)C1CCN(Cc2csc(N3CCN(C(=O)OC(C)(C)C)CC3)n2)CC1. The zero-order chi connectivity index (χ0) is 28.6. The van der Waals surface area contributed by atoms with E-state index in [1.54, 1.807) is 16.2 Å². The van der Waals surface area contributed by atoms with Crippen LogP contribution >= 0.6 is 11.3 Å². The van der Waals surface area contributed by atoms with Crippen LogP contribution in [0.2, 0.25) is 0 Å². The number of hydrogen-bond donors (Lipinski definition) is 1. The average molecular weight is 562 g/mol. The Kier molecular flexibility index (Phi) is 10.9. The van der Waals surface area contributed by atoms with Crippen LogP contribution in [-0.2, 0) is 16.1 Å². The third-order valence-electron chi connectivity index (χ3n) is 6.82. The molecule has 0 aromatic carbocycles. The van der Waals surface area contributed by atoms with E-state index >= 15 is 0 Å². The number of carbonyl (C=O) groups is 3. The van der Waals surface area contributed by atoms with Crippen molar-refractivity contribution in [2.75, 3.05) is 57.3 Å². The number of anilines is 1. The van der Waals surface area contributed by atoms with E-state index in [4.69, 9.17) is 15.0 Å². The van der Waals surface area contributed by atoms with E-state index in [0.717, 1.165) is 50.0 Å². The lowest BCUT2D eigenvalue weighted by Gasteiger charge is -2.35. The predicted octanol–water partition coefficient (Wildman–Crippen LogP) is 3.52. The van der Waals surface area contributed by atoms with Crippen LogP contribution in [-0.4, -0.2) is 95.7 Å². The quantitative estimate of drug-likeness (QED) is 0.479. The summed E-state index contributed by atoms with van der Waals surface area (Å²) in [6.45, 7) is 14.9. The van der Waals surface area contributed by atoms with Crippen molar-refractivity contribution in [1.29, 1.82) is 5.26 Å². The van der Waals surface area contributed by atoms with Gasteiger partial charge in [-0.25, -0.2) is 14.6 Å². The highest BCUT2D eigenvalue weighted by Crippen LogP contribution is 2.26. The zero-order valence-electron chi connectivity index (χ0n) is 23.9. The van der Waals surface area contributed by atoms with Crippen molar-refractivity contribution in [3.8, 4) is 6.07 Å². The molecule has 1 aromatic heterocycles. The summed E-state index contributed by atoms with van der Waals surface area (Å²) in [5, 5.41) is 14.4. The minimum absolute atomic E-state index is 0.113. The van der Waals surface area contributed by atoms with Gasteiger partial charge in [0.15, 0.2) is 5.13 Å². The maximum Gasteiger partial charge on any atom is 0.410 e. The molecule has 0 radical (unpaired) electrons. The number of nitrogens with zero attached hydrogens (tertiary/aromatic N) is 6. The highest BCUT2D eigenvalue weighted by Gasteiger charge is 2.32. The number of carbonyl (C=O) groups excluding carboxylic acids is 3. The molecule has 2 fully saturated rings. The summed E-state index contributed by atoms with van der Waals surface area (Å²) in [5.74, 6) is 0.0171. The smallest absolute Gasteiger partial charge is 0.410 e. The van der Waals surface area contributed by atoms with Crippen LogP contribution in [0.3, 0.4) is 0 Å². The number of urea groups is 1. The van der Waals surface area contributed by atoms with Gasteiger partial charge in [0.05, 0.1) is 11.8 Å². The molecule has 216 valence electrons. The van der Waals surface area contributed by atoms with E-state index in [2.05, 4.69) is 34.3 Å². The molecule has 0 spiro atoms. The van der Waals surface area contributed by atoms with Gasteiger partial charge in [0.1, 0.15) is 12.1 Å². The molecule has 2 aliphatic rings. The molecule has 2 saturated heterocycles. The maximum absolute atomic E-state index is 13.2. The number of thiazole rings is 1. The number of hydrogen-bond acceptors (Lipinski definition) is 9. The highest BCUT2D eigenvalue weighted by atomic mass is 32.1. The first-order valence-corrected chi connectivity index (χ1v) is 14.7. The summed E-state index contributed by atoms with van der Waals surface area (Å²) < 4.78 is 5.49. The molecule has 3 heterocycles. The molecular formula is C27H43N7O4S. The number of amides is 4. The van der Waals surface area contributed by atoms with Gasteiger partial charge in [0.25, 0.3) is 0 Å². The van der Waals surface area contributed by atoms with Crippen LogP contribution in [0.15, 0.2) is 5.38 Å². The van der Waals surface area contributed by atoms with Gasteiger partial charge >= 0.3 is 12.1 Å². The molecule has 0 unspecified atom stereocenters. The van der Waals surface area contributed by atoms with Gasteiger partial charge in [-0.2, -0.15) is 5.26 Å². The standard InChI is InChI=1S/C27H43N7O4S/c1-20(2)6-13-34(24(36)29-10-9-28)23(35)21-7-11-31(12-8-21)18-22-19-39-25(30-22)32-14-16-33(17-15-32)26(37)38-27(3,4)5/h19-21H,6-8,10-18H2,1-5H3,(H,29,36). The van der Waals surface area contributed by atoms with Crippen molar-refractivity contribution in [2.24, 2.45) is 11.8 Å². The van der Waals surface area contributed by atoms with E-state index < -0.39 is 11.6 Å². The monoisotopic (exact) mass is 561 g/mol. The Morgan fingerprint density at radius 3 is 2.44 bits per heavy atom. The van der Waals surface area contributed by atoms with E-state index in [0.29, 0.717) is 38.4 Å². The molecule has 3 rings (SSSR count). The van der Waals surface area contributed by atoms with E-state index in [-0.39, 0.29) is 24.5 Å². The van der Waals surface area contributed by atoms with Crippen LogP contribution in [0.5, 0.6) is 0 Å². The molecule has 2 aliphatic heterocycles. The van der Waals surface area contributed by atoms with Gasteiger partial charge in [0.2, 0.25) is 5.91 Å². The number of nitrogens with one attached hydrogen (secondary N) is 1. The third kappa shape index (κ3) is 9.35. The summed E-state index contributed by atoms with van der Waals surface area (Å²) in [6.07, 6.45) is 1.83. The first-order valence-electron chi connectivity index (χ1n) is 13.8. The number of imide groups is 1. The van der Waals surface area contributed by atoms with Crippen molar-refractivity contribution in [3.05, 3.63) is 11.1 Å². The lowest BCUT2D eigenvalue weighted by atomic mass is 9.95. The van der Waals surface area contributed by atoms with Crippen molar-refractivity contribution >= 4 is 34.5 Å². The molecule has 11 nitrogen and oxygen atoms in total. The number of aromatic nitrogens is 1. The highest BCUT2D eigenvalue weighted by molar-refractivity contribution is 7.13. The lowest BCUT2D eigenvalue weighted by molar-refractivity contribution is -0.134.